The molecule has 1 aliphatic heterocycles. The van der Waals surface area contributed by atoms with Crippen molar-refractivity contribution in [3.8, 4) is 5.75 Å². The van der Waals surface area contributed by atoms with E-state index in [1.165, 1.54) is 12.1 Å². The average Bonchev–Trinajstić information content (AvgIpc) is 2.22. The Morgan fingerprint density at radius 3 is 2.82 bits per heavy atom. The summed E-state index contributed by atoms with van der Waals surface area (Å²) in [6.07, 6.45) is 0. The molecule has 0 atom stereocenters. The summed E-state index contributed by atoms with van der Waals surface area (Å²) in [5.41, 5.74) is 0. The second kappa shape index (κ2) is 5.42. The first-order chi connectivity index (χ1) is 8.18. The zero-order valence-corrected chi connectivity index (χ0v) is 9.66. The molecule has 3 nitrogen and oxygen atoms in total. The highest BCUT2D eigenvalue weighted by Crippen LogP contribution is 2.19. The molecule has 1 heterocycles. The van der Waals surface area contributed by atoms with Crippen LogP contribution in [0.5, 0.6) is 5.75 Å². The Bertz CT molecular complexity index is 383. The van der Waals surface area contributed by atoms with E-state index in [1.807, 2.05) is 7.05 Å². The van der Waals surface area contributed by atoms with Crippen molar-refractivity contribution >= 4 is 0 Å². The van der Waals surface area contributed by atoms with E-state index in [9.17, 15) is 8.78 Å². The lowest BCUT2D eigenvalue weighted by atomic mass is 10.2. The maximum atomic E-state index is 13.2. The Labute approximate surface area is 98.9 Å². The van der Waals surface area contributed by atoms with Gasteiger partial charge in [-0.05, 0) is 19.2 Å². The quantitative estimate of drug-likeness (QED) is 0.785. The van der Waals surface area contributed by atoms with Gasteiger partial charge in [0.25, 0.3) is 0 Å². The molecular formula is C12H15F2NO2. The Kier molecular flexibility index (Phi) is 3.91. The molecule has 0 saturated carbocycles. The molecule has 1 fully saturated rings. The minimum absolute atomic E-state index is 0.0386. The summed E-state index contributed by atoms with van der Waals surface area (Å²) in [5, 5.41) is 0. The summed E-state index contributed by atoms with van der Waals surface area (Å²) in [6, 6.07) is 4.33. The topological polar surface area (TPSA) is 21.7 Å². The van der Waals surface area contributed by atoms with E-state index in [-0.39, 0.29) is 5.75 Å². The van der Waals surface area contributed by atoms with Crippen LogP contribution in [0.25, 0.3) is 0 Å². The fourth-order valence-corrected chi connectivity index (χ4v) is 1.56. The Morgan fingerprint density at radius 2 is 2.18 bits per heavy atom. The number of halogens is 2. The molecule has 0 radical (unpaired) electrons. The normalized spacial score (nSPS) is 16.0. The van der Waals surface area contributed by atoms with Gasteiger partial charge in [0.1, 0.15) is 6.61 Å². The highest BCUT2D eigenvalue weighted by atomic mass is 19.2. The van der Waals surface area contributed by atoms with Crippen molar-refractivity contribution < 1.29 is 18.3 Å². The van der Waals surface area contributed by atoms with Gasteiger partial charge in [0, 0.05) is 6.54 Å². The fourth-order valence-electron chi connectivity index (χ4n) is 1.56. The van der Waals surface area contributed by atoms with Crippen LogP contribution in [-0.4, -0.2) is 44.4 Å². The molecule has 0 aliphatic carbocycles. The van der Waals surface area contributed by atoms with Crippen LogP contribution in [0, 0.1) is 11.6 Å². The zero-order valence-electron chi connectivity index (χ0n) is 9.66. The Morgan fingerprint density at radius 1 is 1.41 bits per heavy atom. The fraction of sp³-hybridized carbons (Fsp3) is 0.500. The number of likely N-dealkylation sites (N-methyl/N-ethyl adjacent to an activating group) is 1. The van der Waals surface area contributed by atoms with Crippen LogP contribution in [0.1, 0.15) is 0 Å². The first kappa shape index (κ1) is 12.3. The zero-order chi connectivity index (χ0) is 12.3. The van der Waals surface area contributed by atoms with Crippen molar-refractivity contribution in [2.75, 3.05) is 33.4 Å². The number of rotatable bonds is 5. The molecule has 1 aliphatic rings. The first-order valence-corrected chi connectivity index (χ1v) is 5.53. The van der Waals surface area contributed by atoms with Gasteiger partial charge in [-0.25, -0.2) is 4.39 Å². The second-order valence-corrected chi connectivity index (χ2v) is 4.07. The van der Waals surface area contributed by atoms with Crippen LogP contribution < -0.4 is 4.74 Å². The maximum Gasteiger partial charge on any atom is 0.200 e. The van der Waals surface area contributed by atoms with Crippen molar-refractivity contribution in [1.29, 1.82) is 0 Å². The van der Waals surface area contributed by atoms with Gasteiger partial charge in [-0.2, -0.15) is 4.39 Å². The molecule has 1 saturated heterocycles. The van der Waals surface area contributed by atoms with Crippen molar-refractivity contribution in [2.45, 2.75) is 6.04 Å². The highest BCUT2D eigenvalue weighted by Gasteiger charge is 2.22. The van der Waals surface area contributed by atoms with Gasteiger partial charge in [0.2, 0.25) is 5.82 Å². The summed E-state index contributed by atoms with van der Waals surface area (Å²) < 4.78 is 36.4. The summed E-state index contributed by atoms with van der Waals surface area (Å²) in [7, 11) is 1.96. The second-order valence-electron chi connectivity index (χ2n) is 4.07. The van der Waals surface area contributed by atoms with Crippen LogP contribution in [0.2, 0.25) is 0 Å². The lowest BCUT2D eigenvalue weighted by Gasteiger charge is -2.34. The SMILES string of the molecule is CN(CCOc1cccc(F)c1F)C1COC1. The van der Waals surface area contributed by atoms with Gasteiger partial charge < -0.3 is 9.47 Å². The van der Waals surface area contributed by atoms with E-state index in [0.717, 1.165) is 19.3 Å². The molecule has 0 aromatic heterocycles. The van der Waals surface area contributed by atoms with E-state index in [4.69, 9.17) is 9.47 Å². The van der Waals surface area contributed by atoms with Crippen molar-refractivity contribution in [3.63, 3.8) is 0 Å². The van der Waals surface area contributed by atoms with Gasteiger partial charge in [0.15, 0.2) is 11.6 Å². The number of nitrogens with zero attached hydrogens (tertiary/aromatic N) is 1. The molecule has 5 heteroatoms. The van der Waals surface area contributed by atoms with E-state index >= 15 is 0 Å². The predicted molar refractivity (Wildman–Crippen MR) is 59.1 cm³/mol. The Hall–Kier alpha value is -1.20. The summed E-state index contributed by atoms with van der Waals surface area (Å²) in [5.74, 6) is -1.85. The summed E-state index contributed by atoms with van der Waals surface area (Å²) in [6.45, 7) is 2.44. The molecule has 17 heavy (non-hydrogen) atoms. The lowest BCUT2D eigenvalue weighted by molar-refractivity contribution is -0.0583. The van der Waals surface area contributed by atoms with Gasteiger partial charge in [-0.1, -0.05) is 6.07 Å². The van der Waals surface area contributed by atoms with Crippen LogP contribution in [0.15, 0.2) is 18.2 Å². The molecule has 1 aromatic rings. The predicted octanol–water partition coefficient (Wildman–Crippen LogP) is 1.67. The number of ether oxygens (including phenoxy) is 2. The van der Waals surface area contributed by atoms with Gasteiger partial charge in [-0.3, -0.25) is 4.90 Å². The standard InChI is InChI=1S/C12H15F2NO2/c1-15(9-7-16-8-9)5-6-17-11-4-2-3-10(13)12(11)14/h2-4,9H,5-8H2,1H3. The van der Waals surface area contributed by atoms with Crippen LogP contribution in [0.4, 0.5) is 8.78 Å². The highest BCUT2D eigenvalue weighted by molar-refractivity contribution is 5.24. The molecule has 0 unspecified atom stereocenters. The Balaban J connectivity index is 1.79. The smallest absolute Gasteiger partial charge is 0.200 e. The van der Waals surface area contributed by atoms with Crippen LogP contribution in [0.3, 0.4) is 0 Å². The average molecular weight is 243 g/mol. The van der Waals surface area contributed by atoms with Crippen molar-refractivity contribution in [2.24, 2.45) is 0 Å². The molecule has 0 spiro atoms. The number of hydrogen-bond donors (Lipinski definition) is 0. The minimum atomic E-state index is -0.929. The maximum absolute atomic E-state index is 13.2. The van der Waals surface area contributed by atoms with Crippen molar-refractivity contribution in [1.82, 2.24) is 4.90 Å². The minimum Gasteiger partial charge on any atom is -0.489 e. The van der Waals surface area contributed by atoms with Crippen molar-refractivity contribution in [3.05, 3.63) is 29.8 Å². The van der Waals surface area contributed by atoms with Crippen LogP contribution in [-0.2, 0) is 4.74 Å². The molecule has 0 N–H and O–H groups in total. The van der Waals surface area contributed by atoms with Gasteiger partial charge in [-0.15, -0.1) is 0 Å². The molecule has 0 bridgehead atoms. The third-order valence-electron chi connectivity index (χ3n) is 2.86. The lowest BCUT2D eigenvalue weighted by Crippen LogP contribution is -2.48. The largest absolute Gasteiger partial charge is 0.489 e. The van der Waals surface area contributed by atoms with E-state index < -0.39 is 11.6 Å². The first-order valence-electron chi connectivity index (χ1n) is 5.53. The molecule has 94 valence electrons. The molecule has 0 amide bonds. The summed E-state index contributed by atoms with van der Waals surface area (Å²) >= 11 is 0. The molecule has 2 rings (SSSR count). The van der Waals surface area contributed by atoms with E-state index in [1.54, 1.807) is 0 Å². The van der Waals surface area contributed by atoms with E-state index in [2.05, 4.69) is 4.90 Å². The molecule has 1 aromatic carbocycles. The van der Waals surface area contributed by atoms with E-state index in [0.29, 0.717) is 19.2 Å². The third kappa shape index (κ3) is 2.92. The monoisotopic (exact) mass is 243 g/mol. The number of hydrogen-bond acceptors (Lipinski definition) is 3. The summed E-state index contributed by atoms with van der Waals surface area (Å²) in [4.78, 5) is 2.08. The van der Waals surface area contributed by atoms with Gasteiger partial charge >= 0.3 is 0 Å². The molecular weight excluding hydrogens is 228 g/mol. The van der Waals surface area contributed by atoms with Gasteiger partial charge in [0.05, 0.1) is 19.3 Å². The number of benzene rings is 1. The van der Waals surface area contributed by atoms with Crippen LogP contribution >= 0.6 is 0 Å². The third-order valence-corrected chi connectivity index (χ3v) is 2.86.